The summed E-state index contributed by atoms with van der Waals surface area (Å²) in [5, 5.41) is 28.7. The SMILES string of the molecule is C=CCCCC(=O)O.COC(=O)c1ccc(CCNC(=O)CCCC(O)CO)cc1. The maximum absolute atomic E-state index is 11.6. The summed E-state index contributed by atoms with van der Waals surface area (Å²) in [4.78, 5) is 32.7. The fourth-order valence-corrected chi connectivity index (χ4v) is 2.35. The molecule has 8 heteroatoms. The molecular weight excluding hydrogens is 390 g/mol. The molecule has 0 aliphatic carbocycles. The average molecular weight is 424 g/mol. The molecule has 0 fully saturated rings. The second-order valence-corrected chi connectivity index (χ2v) is 6.59. The molecule has 0 heterocycles. The van der Waals surface area contributed by atoms with Gasteiger partial charge in [-0.15, -0.1) is 6.58 Å². The van der Waals surface area contributed by atoms with Gasteiger partial charge in [0.15, 0.2) is 0 Å². The highest BCUT2D eigenvalue weighted by molar-refractivity contribution is 5.89. The minimum Gasteiger partial charge on any atom is -0.481 e. The predicted octanol–water partition coefficient (Wildman–Crippen LogP) is 2.08. The summed E-state index contributed by atoms with van der Waals surface area (Å²) in [6.45, 7) is 3.70. The molecule has 0 aliphatic rings. The molecule has 0 spiro atoms. The van der Waals surface area contributed by atoms with Crippen LogP contribution in [-0.2, 0) is 20.7 Å². The Labute approximate surface area is 177 Å². The second-order valence-electron chi connectivity index (χ2n) is 6.59. The predicted molar refractivity (Wildman–Crippen MR) is 113 cm³/mol. The Bertz CT molecular complexity index is 643. The summed E-state index contributed by atoms with van der Waals surface area (Å²) >= 11 is 0. The van der Waals surface area contributed by atoms with Crippen LogP contribution in [0.2, 0.25) is 0 Å². The van der Waals surface area contributed by atoms with Crippen molar-refractivity contribution in [3.8, 4) is 0 Å². The summed E-state index contributed by atoms with van der Waals surface area (Å²) in [6, 6.07) is 7.05. The number of unbranched alkanes of at least 4 members (excludes halogenated alkanes) is 1. The molecule has 1 aromatic carbocycles. The molecule has 4 N–H and O–H groups in total. The minimum atomic E-state index is -0.749. The molecule has 1 atom stereocenters. The Morgan fingerprint density at radius 1 is 1.17 bits per heavy atom. The van der Waals surface area contributed by atoms with Gasteiger partial charge in [-0.05, 0) is 49.8 Å². The second kappa shape index (κ2) is 17.2. The van der Waals surface area contributed by atoms with E-state index in [9.17, 15) is 14.4 Å². The number of hydrogen-bond acceptors (Lipinski definition) is 6. The highest BCUT2D eigenvalue weighted by Crippen LogP contribution is 2.06. The van der Waals surface area contributed by atoms with Crippen LogP contribution in [0.15, 0.2) is 36.9 Å². The van der Waals surface area contributed by atoms with Gasteiger partial charge in [0.2, 0.25) is 5.91 Å². The smallest absolute Gasteiger partial charge is 0.337 e. The third-order valence-corrected chi connectivity index (χ3v) is 4.06. The molecule has 0 aromatic heterocycles. The first-order valence-electron chi connectivity index (χ1n) is 9.89. The van der Waals surface area contributed by atoms with Gasteiger partial charge in [0, 0.05) is 19.4 Å². The number of aliphatic hydroxyl groups is 2. The molecular formula is C22H33NO7. The van der Waals surface area contributed by atoms with Gasteiger partial charge in [-0.2, -0.15) is 0 Å². The lowest BCUT2D eigenvalue weighted by Crippen LogP contribution is -2.25. The lowest BCUT2D eigenvalue weighted by molar-refractivity contribution is -0.137. The quantitative estimate of drug-likeness (QED) is 0.217. The number of carbonyl (C=O) groups excluding carboxylic acids is 2. The minimum absolute atomic E-state index is 0.0729. The zero-order valence-corrected chi connectivity index (χ0v) is 17.5. The molecule has 1 rings (SSSR count). The largest absolute Gasteiger partial charge is 0.481 e. The van der Waals surface area contributed by atoms with E-state index in [4.69, 9.17) is 15.3 Å². The Morgan fingerprint density at radius 2 is 1.83 bits per heavy atom. The number of aliphatic carboxylic acids is 1. The van der Waals surface area contributed by atoms with Crippen LogP contribution in [0.4, 0.5) is 0 Å². The van der Waals surface area contributed by atoms with Gasteiger partial charge in [0.05, 0.1) is 25.4 Å². The molecule has 30 heavy (non-hydrogen) atoms. The van der Waals surface area contributed by atoms with Crippen molar-refractivity contribution in [3.05, 3.63) is 48.0 Å². The number of carboxylic acids is 1. The summed E-state index contributed by atoms with van der Waals surface area (Å²) in [7, 11) is 1.34. The summed E-state index contributed by atoms with van der Waals surface area (Å²) < 4.78 is 4.62. The number of esters is 1. The number of benzene rings is 1. The van der Waals surface area contributed by atoms with Crippen molar-refractivity contribution in [3.63, 3.8) is 0 Å². The van der Waals surface area contributed by atoms with E-state index >= 15 is 0 Å². The lowest BCUT2D eigenvalue weighted by Gasteiger charge is -2.08. The fraction of sp³-hybridized carbons (Fsp3) is 0.500. The normalized spacial score (nSPS) is 10.9. The number of allylic oxidation sites excluding steroid dienone is 1. The van der Waals surface area contributed by atoms with Gasteiger partial charge in [0.25, 0.3) is 0 Å². The van der Waals surface area contributed by atoms with E-state index in [-0.39, 0.29) is 24.9 Å². The van der Waals surface area contributed by atoms with Crippen LogP contribution in [0.1, 0.15) is 54.4 Å². The van der Waals surface area contributed by atoms with Crippen LogP contribution in [0, 0.1) is 0 Å². The van der Waals surface area contributed by atoms with E-state index in [1.54, 1.807) is 18.2 Å². The molecule has 0 aliphatic heterocycles. The van der Waals surface area contributed by atoms with Crippen molar-refractivity contribution < 1.29 is 34.4 Å². The molecule has 0 saturated heterocycles. The van der Waals surface area contributed by atoms with Crippen LogP contribution in [0.3, 0.4) is 0 Å². The van der Waals surface area contributed by atoms with E-state index in [1.165, 1.54) is 7.11 Å². The van der Waals surface area contributed by atoms with Gasteiger partial charge in [-0.3, -0.25) is 9.59 Å². The zero-order valence-electron chi connectivity index (χ0n) is 17.5. The number of carbonyl (C=O) groups is 3. The molecule has 1 aromatic rings. The number of methoxy groups -OCH3 is 1. The topological polar surface area (TPSA) is 133 Å². The first kappa shape index (κ1) is 27.3. The maximum atomic E-state index is 11.6. The average Bonchev–Trinajstić information content (AvgIpc) is 2.74. The first-order chi connectivity index (χ1) is 14.3. The number of rotatable bonds is 13. The van der Waals surface area contributed by atoms with Crippen molar-refractivity contribution in [2.45, 2.75) is 51.0 Å². The van der Waals surface area contributed by atoms with Gasteiger partial charge < -0.3 is 25.4 Å². The molecule has 1 amide bonds. The number of ether oxygens (including phenoxy) is 1. The molecule has 0 radical (unpaired) electrons. The number of amides is 1. The van der Waals surface area contributed by atoms with Crippen LogP contribution in [-0.4, -0.2) is 59.5 Å². The van der Waals surface area contributed by atoms with Gasteiger partial charge in [-0.25, -0.2) is 4.79 Å². The van der Waals surface area contributed by atoms with Gasteiger partial charge >= 0.3 is 11.9 Å². The summed E-state index contributed by atoms with van der Waals surface area (Å²) in [5.74, 6) is -1.17. The summed E-state index contributed by atoms with van der Waals surface area (Å²) in [6.07, 6.45) is 4.70. The Balaban J connectivity index is 0.000000890. The number of carboxylic acid groups (broad SMARTS) is 1. The maximum Gasteiger partial charge on any atom is 0.337 e. The standard InChI is InChI=1S/C16H23NO5.C6H10O2/c1-22-16(21)13-7-5-12(6-8-13)9-10-17-15(20)4-2-3-14(19)11-18;1-2-3-4-5-6(7)8/h5-8,14,18-19H,2-4,9-11H2,1H3,(H,17,20);2H,1,3-5H2,(H,7,8). The zero-order chi connectivity index (χ0) is 22.8. The summed E-state index contributed by atoms with van der Waals surface area (Å²) in [5.41, 5.74) is 1.52. The van der Waals surface area contributed by atoms with Crippen LogP contribution >= 0.6 is 0 Å². The first-order valence-corrected chi connectivity index (χ1v) is 9.89. The Kier molecular flexibility index (Phi) is 15.6. The Hall–Kier alpha value is -2.71. The van der Waals surface area contributed by atoms with E-state index in [0.717, 1.165) is 12.0 Å². The molecule has 1 unspecified atom stereocenters. The highest BCUT2D eigenvalue weighted by Gasteiger charge is 2.06. The van der Waals surface area contributed by atoms with E-state index in [1.807, 2.05) is 12.1 Å². The van der Waals surface area contributed by atoms with Crippen molar-refractivity contribution >= 4 is 17.8 Å². The van der Waals surface area contributed by atoms with Crippen LogP contribution in [0.5, 0.6) is 0 Å². The van der Waals surface area contributed by atoms with E-state index < -0.39 is 12.1 Å². The van der Waals surface area contributed by atoms with Crippen LogP contribution in [0.25, 0.3) is 0 Å². The third-order valence-electron chi connectivity index (χ3n) is 4.06. The molecule has 0 saturated carbocycles. The van der Waals surface area contributed by atoms with Crippen molar-refractivity contribution in [1.82, 2.24) is 5.32 Å². The molecule has 0 bridgehead atoms. The third kappa shape index (κ3) is 14.3. The monoisotopic (exact) mass is 423 g/mol. The van der Waals surface area contributed by atoms with Crippen molar-refractivity contribution in [2.75, 3.05) is 20.3 Å². The molecule has 8 nitrogen and oxygen atoms in total. The van der Waals surface area contributed by atoms with E-state index in [2.05, 4.69) is 16.6 Å². The van der Waals surface area contributed by atoms with Gasteiger partial charge in [0.1, 0.15) is 0 Å². The fourth-order valence-electron chi connectivity index (χ4n) is 2.35. The van der Waals surface area contributed by atoms with Crippen molar-refractivity contribution in [1.29, 1.82) is 0 Å². The van der Waals surface area contributed by atoms with Gasteiger partial charge in [-0.1, -0.05) is 18.2 Å². The molecule has 168 valence electrons. The van der Waals surface area contributed by atoms with Crippen molar-refractivity contribution in [2.24, 2.45) is 0 Å². The Morgan fingerprint density at radius 3 is 2.37 bits per heavy atom. The number of hydrogen-bond donors (Lipinski definition) is 4. The van der Waals surface area contributed by atoms with Crippen LogP contribution < -0.4 is 5.32 Å². The highest BCUT2D eigenvalue weighted by atomic mass is 16.5. The number of nitrogens with one attached hydrogen (secondary N) is 1. The number of aliphatic hydroxyl groups excluding tert-OH is 2. The lowest BCUT2D eigenvalue weighted by atomic mass is 10.1. The van der Waals surface area contributed by atoms with E-state index in [0.29, 0.717) is 44.2 Å².